The molecule has 0 fully saturated rings. The minimum absolute atomic E-state index is 0.164. The first-order chi connectivity index (χ1) is 22.1. The van der Waals surface area contributed by atoms with Crippen LogP contribution in [0.5, 0.6) is 5.75 Å². The molecule has 0 aliphatic heterocycles. The lowest BCUT2D eigenvalue weighted by atomic mass is 9.92. The van der Waals surface area contributed by atoms with Crippen molar-refractivity contribution in [2.75, 3.05) is 26.4 Å². The van der Waals surface area contributed by atoms with Gasteiger partial charge in [0.15, 0.2) is 0 Å². The summed E-state index contributed by atoms with van der Waals surface area (Å²) in [5, 5.41) is 0. The number of rotatable bonds is 15. The molecule has 0 bridgehead atoms. The van der Waals surface area contributed by atoms with E-state index in [1.807, 2.05) is 66.7 Å². The van der Waals surface area contributed by atoms with Gasteiger partial charge in [-0.1, -0.05) is 116 Å². The summed E-state index contributed by atoms with van der Waals surface area (Å²) in [7, 11) is 0. The summed E-state index contributed by atoms with van der Waals surface area (Å²) in [6, 6.07) is 40.6. The van der Waals surface area contributed by atoms with E-state index in [2.05, 4.69) is 56.3 Å². The van der Waals surface area contributed by atoms with E-state index in [9.17, 15) is 4.79 Å². The molecule has 0 saturated heterocycles. The van der Waals surface area contributed by atoms with Gasteiger partial charge in [-0.15, -0.1) is 0 Å². The molecule has 0 aliphatic carbocycles. The van der Waals surface area contributed by atoms with E-state index >= 15 is 0 Å². The lowest BCUT2D eigenvalue weighted by Crippen LogP contribution is -2.12. The van der Waals surface area contributed by atoms with Crippen LogP contribution >= 0.6 is 0 Å². The third kappa shape index (κ3) is 9.15. The van der Waals surface area contributed by atoms with Crippen molar-refractivity contribution in [3.63, 3.8) is 0 Å². The molecule has 0 aliphatic rings. The van der Waals surface area contributed by atoms with Gasteiger partial charge in [-0.2, -0.15) is 0 Å². The highest BCUT2D eigenvalue weighted by atomic mass is 16.6. The van der Waals surface area contributed by atoms with Gasteiger partial charge in [-0.05, 0) is 64.9 Å². The normalized spacial score (nSPS) is 10.9. The Bertz CT molecular complexity index is 1650. The lowest BCUT2D eigenvalue weighted by molar-refractivity contribution is 0.0288. The second-order valence-corrected chi connectivity index (χ2v) is 10.9. The molecule has 5 heteroatoms. The maximum Gasteiger partial charge on any atom is 0.338 e. The standard InChI is InChI=1S/C40H40O5/c1-3-33-26-35(34-16-14-30(2)15-17-34)18-20-37(33)38-21-19-36(40(41)45-25-23-43-29-32-12-8-5-9-13-32)27-39(38)44-24-22-42-28-31-10-6-4-7-11-31/h4-21,26-27H,3,22-25,28-29H2,1-2H3. The van der Waals surface area contributed by atoms with Gasteiger partial charge in [0.05, 0.1) is 32.0 Å². The highest BCUT2D eigenvalue weighted by Crippen LogP contribution is 2.36. The van der Waals surface area contributed by atoms with Crippen molar-refractivity contribution in [2.45, 2.75) is 33.5 Å². The zero-order valence-electron chi connectivity index (χ0n) is 26.0. The summed E-state index contributed by atoms with van der Waals surface area (Å²) in [6.45, 7) is 6.46. The van der Waals surface area contributed by atoms with Crippen LogP contribution in [0, 0.1) is 6.92 Å². The predicted molar refractivity (Wildman–Crippen MR) is 179 cm³/mol. The molecule has 5 aromatic rings. The van der Waals surface area contributed by atoms with E-state index in [-0.39, 0.29) is 6.61 Å². The topological polar surface area (TPSA) is 54.0 Å². The van der Waals surface area contributed by atoms with E-state index in [1.165, 1.54) is 22.3 Å². The van der Waals surface area contributed by atoms with Gasteiger partial charge in [0.2, 0.25) is 0 Å². The smallest absolute Gasteiger partial charge is 0.338 e. The van der Waals surface area contributed by atoms with E-state index in [4.69, 9.17) is 18.9 Å². The SMILES string of the molecule is CCc1cc(-c2ccc(C)cc2)ccc1-c1ccc(C(=O)OCCOCc2ccccc2)cc1OCCOCc1ccccc1. The van der Waals surface area contributed by atoms with Crippen LogP contribution in [0.3, 0.4) is 0 Å². The van der Waals surface area contributed by atoms with Crippen LogP contribution in [-0.4, -0.2) is 32.4 Å². The Kier molecular flexibility index (Phi) is 11.5. The molecule has 0 unspecified atom stereocenters. The van der Waals surface area contributed by atoms with Crippen LogP contribution < -0.4 is 4.74 Å². The number of esters is 1. The third-order valence-electron chi connectivity index (χ3n) is 7.55. The molecule has 0 spiro atoms. The Labute approximate surface area is 266 Å². The van der Waals surface area contributed by atoms with Crippen molar-refractivity contribution in [1.29, 1.82) is 0 Å². The van der Waals surface area contributed by atoms with Crippen molar-refractivity contribution in [3.8, 4) is 28.0 Å². The average molecular weight is 601 g/mol. The summed E-state index contributed by atoms with van der Waals surface area (Å²) < 4.78 is 23.3. The number of hydrogen-bond donors (Lipinski definition) is 0. The second kappa shape index (κ2) is 16.4. The molecule has 5 nitrogen and oxygen atoms in total. The van der Waals surface area contributed by atoms with Crippen molar-refractivity contribution in [2.24, 2.45) is 0 Å². The summed E-state index contributed by atoms with van der Waals surface area (Å²) in [4.78, 5) is 13.0. The molecule has 0 N–H and O–H groups in total. The zero-order valence-corrected chi connectivity index (χ0v) is 26.0. The van der Waals surface area contributed by atoms with Crippen molar-refractivity contribution < 1.29 is 23.7 Å². The fraction of sp³-hybridized carbons (Fsp3) is 0.225. The highest BCUT2D eigenvalue weighted by Gasteiger charge is 2.16. The van der Waals surface area contributed by atoms with Crippen LogP contribution in [0.2, 0.25) is 0 Å². The fourth-order valence-electron chi connectivity index (χ4n) is 5.08. The van der Waals surface area contributed by atoms with Gasteiger partial charge >= 0.3 is 5.97 Å². The van der Waals surface area contributed by atoms with E-state index < -0.39 is 5.97 Å². The maximum atomic E-state index is 13.0. The highest BCUT2D eigenvalue weighted by molar-refractivity contribution is 5.91. The maximum absolute atomic E-state index is 13.0. The van der Waals surface area contributed by atoms with Gasteiger partial charge in [-0.3, -0.25) is 0 Å². The Balaban J connectivity index is 1.29. The first-order valence-electron chi connectivity index (χ1n) is 15.5. The minimum atomic E-state index is -0.416. The molecule has 230 valence electrons. The Morgan fingerprint density at radius 1 is 0.600 bits per heavy atom. The van der Waals surface area contributed by atoms with Crippen molar-refractivity contribution in [1.82, 2.24) is 0 Å². The largest absolute Gasteiger partial charge is 0.491 e. The number of carbonyl (C=O) groups excluding carboxylic acids is 1. The number of carbonyl (C=O) groups is 1. The molecular weight excluding hydrogens is 560 g/mol. The van der Waals surface area contributed by atoms with Crippen molar-refractivity contribution >= 4 is 5.97 Å². The van der Waals surface area contributed by atoms with Gasteiger partial charge < -0.3 is 18.9 Å². The van der Waals surface area contributed by atoms with Crippen LogP contribution in [0.25, 0.3) is 22.3 Å². The van der Waals surface area contributed by atoms with Gasteiger partial charge in [0, 0.05) is 5.56 Å². The van der Waals surface area contributed by atoms with Crippen LogP contribution in [0.15, 0.2) is 121 Å². The van der Waals surface area contributed by atoms with Crippen molar-refractivity contribution in [3.05, 3.63) is 149 Å². The van der Waals surface area contributed by atoms with Gasteiger partial charge in [0.1, 0.15) is 19.0 Å². The molecule has 5 rings (SSSR count). The van der Waals surface area contributed by atoms with Gasteiger partial charge in [0.25, 0.3) is 0 Å². The summed E-state index contributed by atoms with van der Waals surface area (Å²) in [5.41, 5.74) is 9.39. The van der Waals surface area contributed by atoms with Crippen LogP contribution in [-0.2, 0) is 33.8 Å². The lowest BCUT2D eigenvalue weighted by Gasteiger charge is -2.17. The Hall–Kier alpha value is -4.71. The van der Waals surface area contributed by atoms with E-state index in [1.54, 1.807) is 12.1 Å². The Morgan fingerprint density at radius 2 is 1.20 bits per heavy atom. The van der Waals surface area contributed by atoms with E-state index in [0.29, 0.717) is 44.3 Å². The van der Waals surface area contributed by atoms with E-state index in [0.717, 1.165) is 28.7 Å². The molecule has 0 heterocycles. The summed E-state index contributed by atoms with van der Waals surface area (Å²) in [5.74, 6) is 0.200. The third-order valence-corrected chi connectivity index (χ3v) is 7.55. The fourth-order valence-corrected chi connectivity index (χ4v) is 5.08. The Morgan fingerprint density at radius 3 is 1.84 bits per heavy atom. The molecule has 0 amide bonds. The molecular formula is C40H40O5. The second-order valence-electron chi connectivity index (χ2n) is 10.9. The first-order valence-corrected chi connectivity index (χ1v) is 15.5. The zero-order chi connectivity index (χ0) is 31.3. The quantitative estimate of drug-likeness (QED) is 0.0888. The first kappa shape index (κ1) is 31.7. The number of benzene rings is 5. The number of ether oxygens (including phenoxy) is 4. The van der Waals surface area contributed by atoms with Crippen LogP contribution in [0.1, 0.15) is 39.5 Å². The molecule has 5 aromatic carbocycles. The predicted octanol–water partition coefficient (Wildman–Crippen LogP) is 8.86. The average Bonchev–Trinajstić information content (AvgIpc) is 3.09. The molecule has 45 heavy (non-hydrogen) atoms. The molecule has 0 atom stereocenters. The molecule has 0 radical (unpaired) electrons. The number of hydrogen-bond acceptors (Lipinski definition) is 5. The summed E-state index contributed by atoms with van der Waals surface area (Å²) >= 11 is 0. The molecule has 0 saturated carbocycles. The van der Waals surface area contributed by atoms with Gasteiger partial charge in [-0.25, -0.2) is 4.79 Å². The number of aryl methyl sites for hydroxylation is 2. The monoisotopic (exact) mass is 600 g/mol. The molecule has 0 aromatic heterocycles. The summed E-state index contributed by atoms with van der Waals surface area (Å²) in [6.07, 6.45) is 0.849. The van der Waals surface area contributed by atoms with Crippen LogP contribution in [0.4, 0.5) is 0 Å². The minimum Gasteiger partial charge on any atom is -0.491 e.